The van der Waals surface area contributed by atoms with Crippen molar-refractivity contribution in [2.45, 2.75) is 13.8 Å². The van der Waals surface area contributed by atoms with E-state index >= 15 is 0 Å². The van der Waals surface area contributed by atoms with Crippen LogP contribution in [0.2, 0.25) is 0 Å². The van der Waals surface area contributed by atoms with Crippen molar-refractivity contribution in [1.29, 1.82) is 0 Å². The van der Waals surface area contributed by atoms with E-state index in [2.05, 4.69) is 5.10 Å². The summed E-state index contributed by atoms with van der Waals surface area (Å²) >= 11 is 0. The van der Waals surface area contributed by atoms with Gasteiger partial charge < -0.3 is 14.6 Å². The minimum atomic E-state index is -1.25. The first-order valence-electron chi connectivity index (χ1n) is 9.63. The number of carboxylic acids is 2. The van der Waals surface area contributed by atoms with E-state index in [1.807, 2.05) is 31.2 Å². The summed E-state index contributed by atoms with van der Waals surface area (Å²) in [6.07, 6.45) is 1.55. The largest absolute Gasteiger partial charge is 0.478 e. The number of hydrogen-bond donors (Lipinski definition) is 2. The van der Waals surface area contributed by atoms with Crippen molar-refractivity contribution in [2.24, 2.45) is 5.10 Å². The Balaban J connectivity index is 1.65. The highest BCUT2D eigenvalue weighted by Crippen LogP contribution is 2.29. The molecule has 8 nitrogen and oxygen atoms in total. The van der Waals surface area contributed by atoms with Gasteiger partial charge in [0, 0.05) is 5.56 Å². The van der Waals surface area contributed by atoms with Gasteiger partial charge in [-0.25, -0.2) is 9.59 Å². The first-order valence-corrected chi connectivity index (χ1v) is 9.63. The summed E-state index contributed by atoms with van der Waals surface area (Å²) < 4.78 is 5.77. The number of amides is 1. The fourth-order valence-corrected chi connectivity index (χ4v) is 3.29. The van der Waals surface area contributed by atoms with E-state index in [1.165, 1.54) is 17.1 Å². The van der Waals surface area contributed by atoms with Crippen molar-refractivity contribution >= 4 is 35.3 Å². The van der Waals surface area contributed by atoms with Crippen LogP contribution in [0, 0.1) is 6.92 Å². The number of carbonyl (C=O) groups excluding carboxylic acids is 1. The van der Waals surface area contributed by atoms with Crippen LogP contribution in [0.5, 0.6) is 0 Å². The lowest BCUT2D eigenvalue weighted by molar-refractivity contribution is -0.114. The number of carboxylic acid groups (broad SMARTS) is 2. The molecular formula is C24H18N2O6. The molecule has 0 unspecified atom stereocenters. The van der Waals surface area contributed by atoms with Crippen molar-refractivity contribution in [1.82, 2.24) is 0 Å². The van der Waals surface area contributed by atoms with Crippen LogP contribution in [0.25, 0.3) is 17.4 Å². The molecule has 160 valence electrons. The molecule has 0 spiro atoms. The minimum Gasteiger partial charge on any atom is -0.478 e. The van der Waals surface area contributed by atoms with Crippen LogP contribution in [0.4, 0.5) is 5.69 Å². The van der Waals surface area contributed by atoms with Gasteiger partial charge in [-0.15, -0.1) is 0 Å². The van der Waals surface area contributed by atoms with Gasteiger partial charge in [-0.05, 0) is 62.4 Å². The summed E-state index contributed by atoms with van der Waals surface area (Å²) in [6.45, 7) is 3.67. The average Bonchev–Trinajstić information content (AvgIpc) is 3.34. The summed E-state index contributed by atoms with van der Waals surface area (Å²) in [5.41, 5.74) is 2.56. The van der Waals surface area contributed by atoms with Crippen molar-refractivity contribution in [2.75, 3.05) is 5.01 Å². The Kier molecular flexibility index (Phi) is 5.19. The number of rotatable bonds is 5. The lowest BCUT2D eigenvalue weighted by Crippen LogP contribution is -2.21. The van der Waals surface area contributed by atoms with Crippen LogP contribution >= 0.6 is 0 Å². The third kappa shape index (κ3) is 3.93. The van der Waals surface area contributed by atoms with E-state index in [4.69, 9.17) is 4.42 Å². The number of nitrogens with zero attached hydrogens (tertiary/aromatic N) is 2. The van der Waals surface area contributed by atoms with Gasteiger partial charge in [0.25, 0.3) is 5.91 Å². The van der Waals surface area contributed by atoms with Crippen molar-refractivity contribution < 1.29 is 29.0 Å². The van der Waals surface area contributed by atoms with Gasteiger partial charge >= 0.3 is 11.9 Å². The van der Waals surface area contributed by atoms with E-state index < -0.39 is 11.9 Å². The number of aromatic carboxylic acids is 2. The molecular weight excluding hydrogens is 412 g/mol. The number of benzene rings is 2. The van der Waals surface area contributed by atoms with Gasteiger partial charge in [-0.3, -0.25) is 4.79 Å². The van der Waals surface area contributed by atoms with Crippen molar-refractivity contribution in [3.8, 4) is 11.3 Å². The Morgan fingerprint density at radius 1 is 0.938 bits per heavy atom. The molecule has 3 aromatic rings. The normalized spacial score (nSPS) is 14.7. The molecule has 0 fully saturated rings. The zero-order valence-corrected chi connectivity index (χ0v) is 17.2. The van der Waals surface area contributed by atoms with Gasteiger partial charge in [-0.2, -0.15) is 10.1 Å². The number of anilines is 1. The molecule has 1 aliphatic rings. The highest BCUT2D eigenvalue weighted by atomic mass is 16.4. The molecule has 0 atom stereocenters. The van der Waals surface area contributed by atoms with Crippen LogP contribution in [0.15, 0.2) is 69.7 Å². The molecule has 2 heterocycles. The van der Waals surface area contributed by atoms with Crippen molar-refractivity contribution in [3.63, 3.8) is 0 Å². The highest BCUT2D eigenvalue weighted by Gasteiger charge is 2.29. The second-order valence-corrected chi connectivity index (χ2v) is 7.31. The third-order valence-electron chi connectivity index (χ3n) is 4.97. The molecule has 8 heteroatoms. The first kappa shape index (κ1) is 20.8. The maximum Gasteiger partial charge on any atom is 0.335 e. The Bertz CT molecular complexity index is 1280. The lowest BCUT2D eigenvalue weighted by Gasteiger charge is -2.11. The number of hydrazone groups is 1. The smallest absolute Gasteiger partial charge is 0.335 e. The summed E-state index contributed by atoms with van der Waals surface area (Å²) in [7, 11) is 0. The van der Waals surface area contributed by atoms with Crippen LogP contribution in [0.3, 0.4) is 0 Å². The van der Waals surface area contributed by atoms with E-state index in [9.17, 15) is 24.6 Å². The summed E-state index contributed by atoms with van der Waals surface area (Å²) in [5.74, 6) is -2.17. The van der Waals surface area contributed by atoms with Gasteiger partial charge in [0.1, 0.15) is 11.5 Å². The van der Waals surface area contributed by atoms with Crippen molar-refractivity contribution in [3.05, 3.63) is 82.6 Å². The van der Waals surface area contributed by atoms with Gasteiger partial charge in [0.15, 0.2) is 0 Å². The molecule has 2 aromatic carbocycles. The highest BCUT2D eigenvalue weighted by molar-refractivity contribution is 6.32. The maximum atomic E-state index is 12.9. The second kappa shape index (κ2) is 7.99. The topological polar surface area (TPSA) is 120 Å². The molecule has 0 saturated heterocycles. The molecule has 2 N–H and O–H groups in total. The second-order valence-electron chi connectivity index (χ2n) is 7.31. The predicted molar refractivity (Wildman–Crippen MR) is 118 cm³/mol. The molecule has 0 radical (unpaired) electrons. The summed E-state index contributed by atoms with van der Waals surface area (Å²) in [4.78, 5) is 35.6. The molecule has 32 heavy (non-hydrogen) atoms. The fourth-order valence-electron chi connectivity index (χ4n) is 3.29. The van der Waals surface area contributed by atoms with Crippen LogP contribution in [-0.2, 0) is 4.79 Å². The standard InChI is InChI=1S/C24H18N2O6/c1-13-3-5-18(6-4-13)26-22(27)20(14(2)25-26)12-19-7-8-21(32-19)15-9-16(23(28)29)11-17(10-15)24(30)31/h3-12H,1-2H3,(H,28,29)(H,30,31). The van der Waals surface area contributed by atoms with Crippen LogP contribution < -0.4 is 5.01 Å². The summed E-state index contributed by atoms with van der Waals surface area (Å²) in [6, 6.07) is 14.4. The molecule has 1 amide bonds. The Labute approximate surface area is 182 Å². The Morgan fingerprint density at radius 2 is 1.56 bits per heavy atom. The third-order valence-corrected chi connectivity index (χ3v) is 4.97. The molecule has 4 rings (SSSR count). The van der Waals surface area contributed by atoms with Gasteiger partial charge in [-0.1, -0.05) is 17.7 Å². The summed E-state index contributed by atoms with van der Waals surface area (Å²) in [5, 5.41) is 24.2. The van der Waals surface area contributed by atoms with Gasteiger partial charge in [0.05, 0.1) is 28.1 Å². The number of aryl methyl sites for hydroxylation is 1. The Morgan fingerprint density at radius 3 is 2.16 bits per heavy atom. The predicted octanol–water partition coefficient (Wildman–Crippen LogP) is 4.46. The lowest BCUT2D eigenvalue weighted by atomic mass is 10.0. The molecule has 0 aliphatic carbocycles. The quantitative estimate of drug-likeness (QED) is 0.577. The van der Waals surface area contributed by atoms with Crippen LogP contribution in [0.1, 0.15) is 39.0 Å². The van der Waals surface area contributed by atoms with Gasteiger partial charge in [0.2, 0.25) is 0 Å². The molecule has 0 bridgehead atoms. The number of furan rings is 1. The molecule has 1 aromatic heterocycles. The average molecular weight is 430 g/mol. The monoisotopic (exact) mass is 430 g/mol. The molecule has 1 aliphatic heterocycles. The first-order chi connectivity index (χ1) is 15.2. The van der Waals surface area contributed by atoms with Crippen LogP contribution in [-0.4, -0.2) is 33.8 Å². The minimum absolute atomic E-state index is 0.168. The Hall–Kier alpha value is -4.46. The zero-order valence-electron chi connectivity index (χ0n) is 17.2. The van der Waals surface area contributed by atoms with E-state index in [1.54, 1.807) is 25.1 Å². The number of carbonyl (C=O) groups is 3. The number of hydrogen-bond acceptors (Lipinski definition) is 5. The molecule has 0 saturated carbocycles. The zero-order chi connectivity index (χ0) is 23.0. The maximum absolute atomic E-state index is 12.9. The van der Waals surface area contributed by atoms with E-state index in [0.29, 0.717) is 28.3 Å². The fraction of sp³-hybridized carbons (Fsp3) is 0.0833. The SMILES string of the molecule is CC1=NN(c2ccc(C)cc2)C(=O)C1=Cc1ccc(-c2cc(C(=O)O)cc(C(=O)O)c2)o1. The van der Waals surface area contributed by atoms with E-state index in [0.717, 1.165) is 11.6 Å². The van der Waals surface area contributed by atoms with E-state index in [-0.39, 0.29) is 22.8 Å².